The molecule has 1 amide bonds. The molecule has 0 spiro atoms. The minimum atomic E-state index is 0.0480. The van der Waals surface area contributed by atoms with Crippen molar-refractivity contribution in [1.29, 1.82) is 0 Å². The summed E-state index contributed by atoms with van der Waals surface area (Å²) in [4.78, 5) is 19.7. The Bertz CT molecular complexity index is 452. The fourth-order valence-corrected chi connectivity index (χ4v) is 3.82. The third kappa shape index (κ3) is 3.58. The number of nitrogens with zero attached hydrogens (tertiary/aromatic N) is 2. The van der Waals surface area contributed by atoms with Gasteiger partial charge in [0.05, 0.1) is 17.7 Å². The predicted molar refractivity (Wildman–Crippen MR) is 82.5 cm³/mol. The van der Waals surface area contributed by atoms with Crippen LogP contribution in [0.5, 0.6) is 0 Å². The summed E-state index contributed by atoms with van der Waals surface area (Å²) in [6, 6.07) is 0. The molecule has 4 nitrogen and oxygen atoms in total. The van der Waals surface area contributed by atoms with E-state index in [4.69, 9.17) is 5.73 Å². The first-order valence-electron chi connectivity index (χ1n) is 7.39. The van der Waals surface area contributed by atoms with Gasteiger partial charge in [-0.15, -0.1) is 11.3 Å². The molecular formula is C15H25N3OS. The van der Waals surface area contributed by atoms with Gasteiger partial charge in [-0.05, 0) is 31.7 Å². The fourth-order valence-electron chi connectivity index (χ4n) is 2.99. The summed E-state index contributed by atoms with van der Waals surface area (Å²) in [6.07, 6.45) is 6.50. The molecule has 1 saturated carbocycles. The van der Waals surface area contributed by atoms with Crippen LogP contribution in [0.25, 0.3) is 0 Å². The van der Waals surface area contributed by atoms with Crippen LogP contribution in [0.1, 0.15) is 49.1 Å². The van der Waals surface area contributed by atoms with E-state index in [1.54, 1.807) is 11.3 Å². The van der Waals surface area contributed by atoms with Crippen molar-refractivity contribution >= 4 is 17.2 Å². The molecule has 0 unspecified atom stereocenters. The van der Waals surface area contributed by atoms with Crippen LogP contribution in [-0.2, 0) is 11.3 Å². The smallest absolute Gasteiger partial charge is 0.223 e. The molecule has 0 radical (unpaired) electrons. The van der Waals surface area contributed by atoms with Crippen molar-refractivity contribution in [2.24, 2.45) is 11.1 Å². The van der Waals surface area contributed by atoms with Crippen LogP contribution in [0.3, 0.4) is 0 Å². The number of amides is 1. The SMILES string of the molecule is Cc1ncsc1CN(C)C(=O)CC1(CN)CCCCC1. The average Bonchev–Trinajstić information content (AvgIpc) is 2.85. The molecule has 1 heterocycles. The third-order valence-electron chi connectivity index (χ3n) is 4.52. The third-order valence-corrected chi connectivity index (χ3v) is 5.44. The summed E-state index contributed by atoms with van der Waals surface area (Å²) >= 11 is 1.62. The van der Waals surface area contributed by atoms with E-state index in [2.05, 4.69) is 4.98 Å². The molecule has 0 atom stereocenters. The molecule has 1 aliphatic carbocycles. The van der Waals surface area contributed by atoms with Crippen LogP contribution >= 0.6 is 11.3 Å². The predicted octanol–water partition coefficient (Wildman–Crippen LogP) is 2.71. The molecule has 20 heavy (non-hydrogen) atoms. The van der Waals surface area contributed by atoms with Crippen molar-refractivity contribution in [3.8, 4) is 0 Å². The van der Waals surface area contributed by atoms with Gasteiger partial charge < -0.3 is 10.6 Å². The Morgan fingerprint density at radius 2 is 2.15 bits per heavy atom. The zero-order chi connectivity index (χ0) is 14.6. The number of hydrogen-bond donors (Lipinski definition) is 1. The van der Waals surface area contributed by atoms with Gasteiger partial charge >= 0.3 is 0 Å². The Morgan fingerprint density at radius 1 is 1.45 bits per heavy atom. The molecular weight excluding hydrogens is 270 g/mol. The Morgan fingerprint density at radius 3 is 2.70 bits per heavy atom. The number of aryl methyl sites for hydroxylation is 1. The van der Waals surface area contributed by atoms with E-state index in [0.29, 0.717) is 19.5 Å². The van der Waals surface area contributed by atoms with E-state index >= 15 is 0 Å². The highest BCUT2D eigenvalue weighted by atomic mass is 32.1. The molecule has 0 saturated heterocycles. The second kappa shape index (κ2) is 6.68. The maximum Gasteiger partial charge on any atom is 0.223 e. The zero-order valence-electron chi connectivity index (χ0n) is 12.5. The van der Waals surface area contributed by atoms with Crippen LogP contribution < -0.4 is 5.73 Å². The van der Waals surface area contributed by atoms with Crippen molar-refractivity contribution in [3.05, 3.63) is 16.1 Å². The van der Waals surface area contributed by atoms with Gasteiger partial charge in [-0.1, -0.05) is 19.3 Å². The largest absolute Gasteiger partial charge is 0.341 e. The van der Waals surface area contributed by atoms with Gasteiger partial charge in [-0.2, -0.15) is 0 Å². The van der Waals surface area contributed by atoms with Gasteiger partial charge in [0.1, 0.15) is 0 Å². The first-order valence-corrected chi connectivity index (χ1v) is 8.27. The number of nitrogens with two attached hydrogens (primary N) is 1. The van der Waals surface area contributed by atoms with Gasteiger partial charge in [0.2, 0.25) is 5.91 Å². The number of aromatic nitrogens is 1. The molecule has 1 fully saturated rings. The van der Waals surface area contributed by atoms with Crippen molar-refractivity contribution < 1.29 is 4.79 Å². The Labute approximate surface area is 125 Å². The van der Waals surface area contributed by atoms with Gasteiger partial charge in [0.15, 0.2) is 0 Å². The van der Waals surface area contributed by atoms with E-state index in [1.807, 2.05) is 24.4 Å². The van der Waals surface area contributed by atoms with Crippen LogP contribution in [0.15, 0.2) is 5.51 Å². The lowest BCUT2D eigenvalue weighted by molar-refractivity contribution is -0.133. The fraction of sp³-hybridized carbons (Fsp3) is 0.733. The average molecular weight is 295 g/mol. The maximum atomic E-state index is 12.5. The molecule has 1 aromatic heterocycles. The first kappa shape index (κ1) is 15.4. The summed E-state index contributed by atoms with van der Waals surface area (Å²) in [6.45, 7) is 3.29. The highest BCUT2D eigenvalue weighted by Crippen LogP contribution is 2.38. The van der Waals surface area contributed by atoms with Gasteiger partial charge in [-0.25, -0.2) is 4.98 Å². The standard InChI is InChI=1S/C15H25N3OS/c1-12-13(20-11-17-12)9-18(2)14(19)8-15(10-16)6-4-3-5-7-15/h11H,3-10,16H2,1-2H3. The van der Waals surface area contributed by atoms with Crippen molar-refractivity contribution in [1.82, 2.24) is 9.88 Å². The minimum absolute atomic E-state index is 0.0480. The van der Waals surface area contributed by atoms with E-state index < -0.39 is 0 Å². The molecule has 2 rings (SSSR count). The summed E-state index contributed by atoms with van der Waals surface area (Å²) in [5, 5.41) is 0. The number of thiazole rings is 1. The summed E-state index contributed by atoms with van der Waals surface area (Å²) in [7, 11) is 1.88. The molecule has 1 aromatic rings. The van der Waals surface area contributed by atoms with Crippen LogP contribution in [0, 0.1) is 12.3 Å². The molecule has 0 aromatic carbocycles. The van der Waals surface area contributed by atoms with Crippen LogP contribution in [0.4, 0.5) is 0 Å². The quantitative estimate of drug-likeness (QED) is 0.908. The molecule has 112 valence electrons. The topological polar surface area (TPSA) is 59.2 Å². The lowest BCUT2D eigenvalue weighted by atomic mass is 9.71. The zero-order valence-corrected chi connectivity index (χ0v) is 13.3. The minimum Gasteiger partial charge on any atom is -0.341 e. The van der Waals surface area contributed by atoms with Crippen molar-refractivity contribution in [3.63, 3.8) is 0 Å². The molecule has 0 bridgehead atoms. The normalized spacial score (nSPS) is 17.9. The van der Waals surface area contributed by atoms with Crippen LogP contribution in [-0.4, -0.2) is 29.4 Å². The first-order chi connectivity index (χ1) is 9.56. The Hall–Kier alpha value is -0.940. The molecule has 0 aliphatic heterocycles. The van der Waals surface area contributed by atoms with Gasteiger partial charge in [0, 0.05) is 18.3 Å². The summed E-state index contributed by atoms with van der Waals surface area (Å²) in [5.41, 5.74) is 8.88. The highest BCUT2D eigenvalue weighted by molar-refractivity contribution is 7.09. The van der Waals surface area contributed by atoms with Crippen LogP contribution in [0.2, 0.25) is 0 Å². The van der Waals surface area contributed by atoms with Crippen molar-refractivity contribution in [2.45, 2.75) is 52.0 Å². The lowest BCUT2D eigenvalue weighted by Gasteiger charge is -2.36. The maximum absolute atomic E-state index is 12.5. The number of carbonyl (C=O) groups excluding carboxylic acids is 1. The summed E-state index contributed by atoms with van der Waals surface area (Å²) in [5.74, 6) is 0.213. The second-order valence-electron chi connectivity index (χ2n) is 6.05. The van der Waals surface area contributed by atoms with Gasteiger partial charge in [-0.3, -0.25) is 4.79 Å². The lowest BCUT2D eigenvalue weighted by Crippen LogP contribution is -2.39. The van der Waals surface area contributed by atoms with Crippen molar-refractivity contribution in [2.75, 3.05) is 13.6 Å². The van der Waals surface area contributed by atoms with E-state index in [1.165, 1.54) is 24.1 Å². The molecule has 5 heteroatoms. The highest BCUT2D eigenvalue weighted by Gasteiger charge is 2.33. The monoisotopic (exact) mass is 295 g/mol. The van der Waals surface area contributed by atoms with E-state index in [9.17, 15) is 4.79 Å². The van der Waals surface area contributed by atoms with E-state index in [0.717, 1.165) is 18.5 Å². The Balaban J connectivity index is 1.94. The molecule has 2 N–H and O–H groups in total. The molecule has 1 aliphatic rings. The second-order valence-corrected chi connectivity index (χ2v) is 6.99. The van der Waals surface area contributed by atoms with Gasteiger partial charge in [0.25, 0.3) is 0 Å². The Kier molecular flexibility index (Phi) is 5.16. The van der Waals surface area contributed by atoms with E-state index in [-0.39, 0.29) is 11.3 Å². The number of carbonyl (C=O) groups is 1. The number of rotatable bonds is 5. The summed E-state index contributed by atoms with van der Waals surface area (Å²) < 4.78 is 0. The number of hydrogen-bond acceptors (Lipinski definition) is 4.